The first-order valence-electron chi connectivity index (χ1n) is 8.51. The SMILES string of the molecule is CC(O)CCN(C)C(C)C(=O)Nc1ccc(N2CCCC2)cc1. The number of benzene rings is 1. The van der Waals surface area contributed by atoms with Crippen LogP contribution >= 0.6 is 0 Å². The van der Waals surface area contributed by atoms with Gasteiger partial charge in [0.25, 0.3) is 0 Å². The lowest BCUT2D eigenvalue weighted by molar-refractivity contribution is -0.120. The predicted molar refractivity (Wildman–Crippen MR) is 94.9 cm³/mol. The molecular formula is C18H29N3O2. The fraction of sp³-hybridized carbons (Fsp3) is 0.611. The maximum atomic E-state index is 12.3. The highest BCUT2D eigenvalue weighted by atomic mass is 16.3. The quantitative estimate of drug-likeness (QED) is 0.810. The molecular weight excluding hydrogens is 290 g/mol. The van der Waals surface area contributed by atoms with Crippen molar-refractivity contribution in [2.24, 2.45) is 0 Å². The molecule has 2 unspecified atom stereocenters. The van der Waals surface area contributed by atoms with Gasteiger partial charge in [-0.3, -0.25) is 9.69 Å². The van der Waals surface area contributed by atoms with Crippen LogP contribution in [0.25, 0.3) is 0 Å². The molecule has 0 radical (unpaired) electrons. The molecule has 1 aromatic rings. The average Bonchev–Trinajstić information content (AvgIpc) is 3.06. The lowest BCUT2D eigenvalue weighted by atomic mass is 10.2. The minimum absolute atomic E-state index is 0.0213. The number of nitrogens with one attached hydrogen (secondary N) is 1. The molecule has 0 aliphatic carbocycles. The summed E-state index contributed by atoms with van der Waals surface area (Å²) in [5, 5.41) is 12.3. The van der Waals surface area contributed by atoms with E-state index in [4.69, 9.17) is 0 Å². The average molecular weight is 319 g/mol. The van der Waals surface area contributed by atoms with Crippen molar-refractivity contribution in [1.29, 1.82) is 0 Å². The highest BCUT2D eigenvalue weighted by molar-refractivity contribution is 5.94. The second-order valence-electron chi connectivity index (χ2n) is 6.52. The van der Waals surface area contributed by atoms with Crippen LogP contribution in [0.15, 0.2) is 24.3 Å². The Labute approximate surface area is 139 Å². The van der Waals surface area contributed by atoms with Crippen molar-refractivity contribution < 1.29 is 9.90 Å². The van der Waals surface area contributed by atoms with E-state index >= 15 is 0 Å². The molecule has 1 saturated heterocycles. The third-order valence-corrected chi connectivity index (χ3v) is 4.55. The second-order valence-corrected chi connectivity index (χ2v) is 6.52. The lowest BCUT2D eigenvalue weighted by Gasteiger charge is -2.24. The van der Waals surface area contributed by atoms with Crippen LogP contribution in [-0.2, 0) is 4.79 Å². The number of rotatable bonds is 7. The van der Waals surface area contributed by atoms with Crippen LogP contribution in [-0.4, -0.2) is 54.7 Å². The summed E-state index contributed by atoms with van der Waals surface area (Å²) < 4.78 is 0. The van der Waals surface area contributed by atoms with Gasteiger partial charge in [-0.15, -0.1) is 0 Å². The first kappa shape index (κ1) is 17.8. The smallest absolute Gasteiger partial charge is 0.241 e. The normalized spacial score (nSPS) is 17.3. The Balaban J connectivity index is 1.86. The molecule has 0 saturated carbocycles. The lowest BCUT2D eigenvalue weighted by Crippen LogP contribution is -2.40. The number of nitrogens with zero attached hydrogens (tertiary/aromatic N) is 2. The van der Waals surface area contributed by atoms with E-state index in [1.807, 2.05) is 31.0 Å². The summed E-state index contributed by atoms with van der Waals surface area (Å²) in [4.78, 5) is 16.6. The third-order valence-electron chi connectivity index (χ3n) is 4.55. The number of carbonyl (C=O) groups excluding carboxylic acids is 1. The summed E-state index contributed by atoms with van der Waals surface area (Å²) in [5.74, 6) is -0.0213. The largest absolute Gasteiger partial charge is 0.393 e. The van der Waals surface area contributed by atoms with Crippen molar-refractivity contribution in [3.8, 4) is 0 Å². The molecule has 2 atom stereocenters. The van der Waals surface area contributed by atoms with Crippen molar-refractivity contribution in [2.45, 2.75) is 45.3 Å². The molecule has 2 rings (SSSR count). The van der Waals surface area contributed by atoms with Gasteiger partial charge < -0.3 is 15.3 Å². The number of anilines is 2. The molecule has 1 aliphatic heterocycles. The number of aliphatic hydroxyl groups excluding tert-OH is 1. The molecule has 5 nitrogen and oxygen atoms in total. The molecule has 2 N–H and O–H groups in total. The van der Waals surface area contributed by atoms with Crippen LogP contribution in [0.4, 0.5) is 11.4 Å². The zero-order chi connectivity index (χ0) is 16.8. The molecule has 0 spiro atoms. The Morgan fingerprint density at radius 1 is 1.26 bits per heavy atom. The van der Waals surface area contributed by atoms with Crippen LogP contribution in [0.5, 0.6) is 0 Å². The second kappa shape index (κ2) is 8.31. The molecule has 1 aliphatic rings. The van der Waals surface area contributed by atoms with Gasteiger partial charge in [0, 0.05) is 31.0 Å². The maximum Gasteiger partial charge on any atom is 0.241 e. The first-order valence-corrected chi connectivity index (χ1v) is 8.51. The van der Waals surface area contributed by atoms with Crippen LogP contribution < -0.4 is 10.2 Å². The molecule has 128 valence electrons. The molecule has 1 heterocycles. The monoisotopic (exact) mass is 319 g/mol. The summed E-state index contributed by atoms with van der Waals surface area (Å²) in [7, 11) is 1.91. The topological polar surface area (TPSA) is 55.8 Å². The fourth-order valence-corrected chi connectivity index (χ4v) is 2.76. The maximum absolute atomic E-state index is 12.3. The predicted octanol–water partition coefficient (Wildman–Crippen LogP) is 2.32. The van der Waals surface area contributed by atoms with Gasteiger partial charge in [-0.25, -0.2) is 0 Å². The van der Waals surface area contributed by atoms with Gasteiger partial charge in [-0.05, 0) is 64.4 Å². The van der Waals surface area contributed by atoms with Crippen LogP contribution in [0.3, 0.4) is 0 Å². The van der Waals surface area contributed by atoms with Crippen molar-refractivity contribution in [3.05, 3.63) is 24.3 Å². The van der Waals surface area contributed by atoms with E-state index in [0.717, 1.165) is 18.8 Å². The molecule has 23 heavy (non-hydrogen) atoms. The Bertz CT molecular complexity index is 495. The number of hydrogen-bond donors (Lipinski definition) is 2. The first-order chi connectivity index (χ1) is 11.0. The number of carbonyl (C=O) groups is 1. The molecule has 1 amide bonds. The fourth-order valence-electron chi connectivity index (χ4n) is 2.76. The summed E-state index contributed by atoms with van der Waals surface area (Å²) in [6, 6.07) is 7.85. The number of aliphatic hydroxyl groups is 1. The van der Waals surface area contributed by atoms with E-state index in [1.165, 1.54) is 18.5 Å². The Kier molecular flexibility index (Phi) is 6.42. The van der Waals surface area contributed by atoms with Gasteiger partial charge in [0.15, 0.2) is 0 Å². The zero-order valence-electron chi connectivity index (χ0n) is 14.5. The minimum atomic E-state index is -0.342. The minimum Gasteiger partial charge on any atom is -0.393 e. The van der Waals surface area contributed by atoms with Gasteiger partial charge in [-0.1, -0.05) is 0 Å². The highest BCUT2D eigenvalue weighted by Crippen LogP contribution is 2.22. The summed E-state index contributed by atoms with van der Waals surface area (Å²) >= 11 is 0. The number of likely N-dealkylation sites (N-methyl/N-ethyl adjacent to an activating group) is 1. The highest BCUT2D eigenvalue weighted by Gasteiger charge is 2.18. The third kappa shape index (κ3) is 5.22. The van der Waals surface area contributed by atoms with Gasteiger partial charge in [0.2, 0.25) is 5.91 Å². The van der Waals surface area contributed by atoms with Crippen molar-refractivity contribution in [1.82, 2.24) is 4.90 Å². The molecule has 1 aromatic carbocycles. The molecule has 5 heteroatoms. The molecule has 0 aromatic heterocycles. The van der Waals surface area contributed by atoms with Crippen molar-refractivity contribution in [2.75, 3.05) is 36.9 Å². The van der Waals surface area contributed by atoms with Gasteiger partial charge in [0.05, 0.1) is 12.1 Å². The zero-order valence-corrected chi connectivity index (χ0v) is 14.5. The van der Waals surface area contributed by atoms with Gasteiger partial charge in [0.1, 0.15) is 0 Å². The van der Waals surface area contributed by atoms with Crippen molar-refractivity contribution >= 4 is 17.3 Å². The Morgan fingerprint density at radius 3 is 2.43 bits per heavy atom. The number of hydrogen-bond acceptors (Lipinski definition) is 4. The van der Waals surface area contributed by atoms with Crippen LogP contribution in [0.2, 0.25) is 0 Å². The van der Waals surface area contributed by atoms with E-state index in [-0.39, 0.29) is 18.1 Å². The van der Waals surface area contributed by atoms with Gasteiger partial charge >= 0.3 is 0 Å². The summed E-state index contributed by atoms with van der Waals surface area (Å²) in [6.07, 6.45) is 2.84. The Hall–Kier alpha value is -1.59. The van der Waals surface area contributed by atoms with Crippen LogP contribution in [0.1, 0.15) is 33.1 Å². The van der Waals surface area contributed by atoms with E-state index in [9.17, 15) is 9.90 Å². The van der Waals surface area contributed by atoms with Gasteiger partial charge in [-0.2, -0.15) is 0 Å². The van der Waals surface area contributed by atoms with E-state index in [2.05, 4.69) is 22.3 Å². The standard InChI is InChI=1S/C18H29N3O2/c1-14(22)10-13-20(3)15(2)18(23)19-16-6-8-17(9-7-16)21-11-4-5-12-21/h6-9,14-15,22H,4-5,10-13H2,1-3H3,(H,19,23). The summed E-state index contributed by atoms with van der Waals surface area (Å²) in [5.41, 5.74) is 2.05. The number of amides is 1. The van der Waals surface area contributed by atoms with E-state index < -0.39 is 0 Å². The van der Waals surface area contributed by atoms with E-state index in [1.54, 1.807) is 6.92 Å². The van der Waals surface area contributed by atoms with E-state index in [0.29, 0.717) is 13.0 Å². The Morgan fingerprint density at radius 2 is 1.87 bits per heavy atom. The summed E-state index contributed by atoms with van der Waals surface area (Å²) in [6.45, 7) is 6.59. The molecule has 0 bridgehead atoms. The molecule has 1 fully saturated rings. The van der Waals surface area contributed by atoms with Crippen LogP contribution in [0, 0.1) is 0 Å². The van der Waals surface area contributed by atoms with Crippen molar-refractivity contribution in [3.63, 3.8) is 0 Å².